The van der Waals surface area contributed by atoms with Crippen molar-refractivity contribution in [2.75, 3.05) is 6.54 Å². The highest BCUT2D eigenvalue weighted by atomic mass is 32.1. The third-order valence-electron chi connectivity index (χ3n) is 5.35. The number of hydrogen-bond donors (Lipinski definition) is 1. The number of carbonyl (C=O) groups excluding carboxylic acids is 4. The van der Waals surface area contributed by atoms with E-state index in [9.17, 15) is 19.2 Å². The van der Waals surface area contributed by atoms with E-state index in [1.54, 1.807) is 12.1 Å². The lowest BCUT2D eigenvalue weighted by Gasteiger charge is -2.22. The van der Waals surface area contributed by atoms with Crippen molar-refractivity contribution in [1.82, 2.24) is 15.1 Å². The molecule has 3 aromatic rings. The molecular formula is C25H23N3O4S. The minimum Gasteiger partial charge on any atom is -0.351 e. The quantitative estimate of drug-likeness (QED) is 0.409. The molecule has 0 radical (unpaired) electrons. The molecule has 1 atom stereocenters. The average Bonchev–Trinajstić information content (AvgIpc) is 3.38. The maximum absolute atomic E-state index is 13.3. The molecule has 1 unspecified atom stereocenters. The van der Waals surface area contributed by atoms with Crippen molar-refractivity contribution in [3.63, 3.8) is 0 Å². The van der Waals surface area contributed by atoms with Gasteiger partial charge in [0.15, 0.2) is 5.78 Å². The minimum atomic E-state index is -0.787. The lowest BCUT2D eigenvalue weighted by atomic mass is 10.1. The van der Waals surface area contributed by atoms with Crippen LogP contribution in [-0.4, -0.2) is 40.0 Å². The molecule has 1 saturated heterocycles. The highest BCUT2D eigenvalue weighted by molar-refractivity contribution is 7.14. The van der Waals surface area contributed by atoms with Gasteiger partial charge in [0, 0.05) is 18.3 Å². The largest absolute Gasteiger partial charge is 0.351 e. The number of urea groups is 1. The third-order valence-corrected chi connectivity index (χ3v) is 6.48. The Morgan fingerprint density at radius 1 is 0.939 bits per heavy atom. The molecule has 33 heavy (non-hydrogen) atoms. The van der Waals surface area contributed by atoms with Crippen molar-refractivity contribution in [2.24, 2.45) is 0 Å². The number of rotatable bonds is 8. The zero-order valence-corrected chi connectivity index (χ0v) is 18.9. The van der Waals surface area contributed by atoms with Crippen LogP contribution in [0.1, 0.15) is 38.6 Å². The monoisotopic (exact) mass is 461 g/mol. The highest BCUT2D eigenvalue weighted by Crippen LogP contribution is 2.33. The van der Waals surface area contributed by atoms with E-state index in [0.29, 0.717) is 17.0 Å². The molecule has 0 aliphatic carbocycles. The van der Waals surface area contributed by atoms with Crippen LogP contribution in [0.5, 0.6) is 0 Å². The number of hydrogen-bond acceptors (Lipinski definition) is 5. The predicted octanol–water partition coefficient (Wildman–Crippen LogP) is 3.77. The number of ketones is 1. The summed E-state index contributed by atoms with van der Waals surface area (Å²) in [4.78, 5) is 54.4. The lowest BCUT2D eigenvalue weighted by Crippen LogP contribution is -2.36. The van der Waals surface area contributed by atoms with Gasteiger partial charge in [0.05, 0.1) is 18.0 Å². The zero-order valence-electron chi connectivity index (χ0n) is 18.1. The van der Waals surface area contributed by atoms with Crippen molar-refractivity contribution in [3.8, 4) is 0 Å². The highest BCUT2D eigenvalue weighted by Gasteiger charge is 2.46. The van der Waals surface area contributed by atoms with Crippen LogP contribution in [0.3, 0.4) is 0 Å². The number of amides is 4. The van der Waals surface area contributed by atoms with E-state index in [1.807, 2.05) is 60.7 Å². The van der Waals surface area contributed by atoms with E-state index in [2.05, 4.69) is 5.32 Å². The summed E-state index contributed by atoms with van der Waals surface area (Å²) in [6, 6.07) is 20.7. The number of Topliss-reactive ketones (excluding diaryl/α,β-unsaturated/α-hetero) is 1. The van der Waals surface area contributed by atoms with Crippen molar-refractivity contribution in [2.45, 2.75) is 26.1 Å². The van der Waals surface area contributed by atoms with Gasteiger partial charge in [-0.05, 0) is 23.3 Å². The molecular weight excluding hydrogens is 438 g/mol. The number of imide groups is 1. The number of thiophene rings is 1. The fraction of sp³-hybridized carbons (Fsp3) is 0.200. The van der Waals surface area contributed by atoms with Crippen LogP contribution in [0, 0.1) is 0 Å². The molecule has 8 heteroatoms. The summed E-state index contributed by atoms with van der Waals surface area (Å²) in [5.41, 5.74) is 1.60. The first-order valence-electron chi connectivity index (χ1n) is 10.5. The molecule has 1 N–H and O–H groups in total. The minimum absolute atomic E-state index is 0.157. The van der Waals surface area contributed by atoms with Gasteiger partial charge in [0.25, 0.3) is 5.91 Å². The number of carbonyl (C=O) groups is 4. The van der Waals surface area contributed by atoms with Gasteiger partial charge in [-0.15, -0.1) is 11.3 Å². The Hall–Kier alpha value is -3.78. The van der Waals surface area contributed by atoms with Crippen molar-refractivity contribution in [1.29, 1.82) is 0 Å². The summed E-state index contributed by atoms with van der Waals surface area (Å²) >= 11 is 1.24. The maximum Gasteiger partial charge on any atom is 0.328 e. The van der Waals surface area contributed by atoms with Crippen molar-refractivity contribution in [3.05, 3.63) is 93.7 Å². The first kappa shape index (κ1) is 22.4. The summed E-state index contributed by atoms with van der Waals surface area (Å²) in [7, 11) is 0. The molecule has 0 bridgehead atoms. The van der Waals surface area contributed by atoms with Gasteiger partial charge in [-0.1, -0.05) is 60.7 Å². The summed E-state index contributed by atoms with van der Waals surface area (Å²) in [6.07, 6.45) is 0. The van der Waals surface area contributed by atoms with Gasteiger partial charge in [-0.2, -0.15) is 0 Å². The second kappa shape index (κ2) is 9.79. The standard InChI is InChI=1S/C25H23N3O4S/c1-17(29)26-14-20-12-13-22(33-20)21(30)16-28-24(31)23(19-10-6-3-7-11-19)27(25(28)32)15-18-8-4-2-5-9-18/h2-13,23H,14-16H2,1H3,(H,26,29). The van der Waals surface area contributed by atoms with Crippen molar-refractivity contribution >= 4 is 35.0 Å². The van der Waals surface area contributed by atoms with Crippen LogP contribution in [0.25, 0.3) is 0 Å². The van der Waals surface area contributed by atoms with Crippen LogP contribution in [0.2, 0.25) is 0 Å². The summed E-state index contributed by atoms with van der Waals surface area (Å²) < 4.78 is 0. The Balaban J connectivity index is 1.55. The molecule has 2 aromatic carbocycles. The molecule has 4 rings (SSSR count). The molecule has 0 spiro atoms. The number of nitrogens with one attached hydrogen (secondary N) is 1. The second-order valence-electron chi connectivity index (χ2n) is 7.73. The molecule has 1 aliphatic rings. The fourth-order valence-corrected chi connectivity index (χ4v) is 4.62. The first-order chi connectivity index (χ1) is 15.9. The van der Waals surface area contributed by atoms with Crippen LogP contribution in [0.15, 0.2) is 72.8 Å². The van der Waals surface area contributed by atoms with E-state index >= 15 is 0 Å². The molecule has 1 aliphatic heterocycles. The Morgan fingerprint density at radius 3 is 2.27 bits per heavy atom. The lowest BCUT2D eigenvalue weighted by molar-refractivity contribution is -0.128. The van der Waals surface area contributed by atoms with Gasteiger partial charge in [0.2, 0.25) is 5.91 Å². The van der Waals surface area contributed by atoms with Gasteiger partial charge in [0.1, 0.15) is 6.04 Å². The normalized spacial score (nSPS) is 15.7. The molecule has 168 valence electrons. The topological polar surface area (TPSA) is 86.8 Å². The fourth-order valence-electron chi connectivity index (χ4n) is 3.74. The summed E-state index contributed by atoms with van der Waals surface area (Å²) in [5, 5.41) is 2.69. The van der Waals surface area contributed by atoms with Crippen LogP contribution < -0.4 is 5.32 Å². The summed E-state index contributed by atoms with van der Waals surface area (Å²) in [5.74, 6) is -0.885. The van der Waals surface area contributed by atoms with E-state index in [0.717, 1.165) is 15.3 Å². The van der Waals surface area contributed by atoms with E-state index in [1.165, 1.54) is 23.2 Å². The SMILES string of the molecule is CC(=O)NCc1ccc(C(=O)CN2C(=O)C(c3ccccc3)N(Cc3ccccc3)C2=O)s1. The van der Waals surface area contributed by atoms with Gasteiger partial charge < -0.3 is 10.2 Å². The van der Waals surface area contributed by atoms with E-state index in [4.69, 9.17) is 0 Å². The number of benzene rings is 2. The Morgan fingerprint density at radius 2 is 1.61 bits per heavy atom. The molecule has 4 amide bonds. The van der Waals surface area contributed by atoms with Crippen LogP contribution in [0.4, 0.5) is 4.79 Å². The predicted molar refractivity (Wildman–Crippen MR) is 124 cm³/mol. The van der Waals surface area contributed by atoms with Gasteiger partial charge >= 0.3 is 6.03 Å². The molecule has 7 nitrogen and oxygen atoms in total. The van der Waals surface area contributed by atoms with Crippen LogP contribution >= 0.6 is 11.3 Å². The van der Waals surface area contributed by atoms with Gasteiger partial charge in [-0.25, -0.2) is 4.79 Å². The first-order valence-corrected chi connectivity index (χ1v) is 11.3. The smallest absolute Gasteiger partial charge is 0.328 e. The maximum atomic E-state index is 13.3. The molecule has 1 fully saturated rings. The third kappa shape index (κ3) is 5.01. The zero-order chi connectivity index (χ0) is 23.4. The van der Waals surface area contributed by atoms with Crippen molar-refractivity contribution < 1.29 is 19.2 Å². The molecule has 0 saturated carbocycles. The van der Waals surface area contributed by atoms with Crippen LogP contribution in [-0.2, 0) is 22.7 Å². The van der Waals surface area contributed by atoms with E-state index in [-0.39, 0.29) is 24.8 Å². The second-order valence-corrected chi connectivity index (χ2v) is 8.90. The average molecular weight is 462 g/mol. The molecule has 2 heterocycles. The Bertz CT molecular complexity index is 1180. The summed E-state index contributed by atoms with van der Waals surface area (Å²) in [6.45, 7) is 1.69. The Kier molecular flexibility index (Phi) is 6.65. The van der Waals surface area contributed by atoms with Gasteiger partial charge in [-0.3, -0.25) is 19.3 Å². The Labute approximate surface area is 195 Å². The number of nitrogens with zero attached hydrogens (tertiary/aromatic N) is 2. The molecule has 1 aromatic heterocycles. The van der Waals surface area contributed by atoms with E-state index < -0.39 is 18.0 Å².